The molecule has 0 N–H and O–H groups in total. The molecule has 1 aromatic carbocycles. The van der Waals surface area contributed by atoms with E-state index in [1.165, 1.54) is 10.6 Å². The summed E-state index contributed by atoms with van der Waals surface area (Å²) in [7, 11) is 0. The van der Waals surface area contributed by atoms with Gasteiger partial charge in [-0.25, -0.2) is 4.98 Å². The van der Waals surface area contributed by atoms with Crippen LogP contribution in [0.2, 0.25) is 5.02 Å². The van der Waals surface area contributed by atoms with E-state index in [0.29, 0.717) is 22.6 Å². The number of fused-ring (bicyclic) bond motifs is 1. The van der Waals surface area contributed by atoms with Crippen LogP contribution in [-0.2, 0) is 0 Å². The fraction of sp³-hybridized carbons (Fsp3) is 0.0625. The molecule has 0 aliphatic rings. The van der Waals surface area contributed by atoms with Crippen LogP contribution in [0.15, 0.2) is 45.8 Å². The summed E-state index contributed by atoms with van der Waals surface area (Å²) < 4.78 is 2.21. The lowest BCUT2D eigenvalue weighted by Gasteiger charge is -2.11. The molecule has 0 radical (unpaired) electrons. The third-order valence-corrected chi connectivity index (χ3v) is 4.70. The van der Waals surface area contributed by atoms with Gasteiger partial charge >= 0.3 is 0 Å². The SMILES string of the molecule is Cc1cc(-c2cccc(Br)c2Cl)cc2ncc(C=O)c(=O)n12. The monoisotopic (exact) mass is 376 g/mol. The number of halogens is 2. The second-order valence-corrected chi connectivity index (χ2v) is 6.05. The van der Waals surface area contributed by atoms with Gasteiger partial charge in [0.2, 0.25) is 0 Å². The normalized spacial score (nSPS) is 10.9. The summed E-state index contributed by atoms with van der Waals surface area (Å²) in [4.78, 5) is 27.3. The minimum Gasteiger partial charge on any atom is -0.298 e. The third-order valence-electron chi connectivity index (χ3n) is 3.41. The minimum absolute atomic E-state index is 0.0360. The predicted octanol–water partition coefficient (Wildman–Crippen LogP) is 3.90. The fourth-order valence-electron chi connectivity index (χ4n) is 2.36. The third kappa shape index (κ3) is 2.36. The van der Waals surface area contributed by atoms with Crippen molar-refractivity contribution < 1.29 is 4.79 Å². The molecular formula is C16H10BrClN2O2. The molecule has 3 aromatic rings. The Morgan fingerprint density at radius 2 is 2.09 bits per heavy atom. The van der Waals surface area contributed by atoms with Crippen molar-refractivity contribution in [2.45, 2.75) is 6.92 Å². The highest BCUT2D eigenvalue weighted by atomic mass is 79.9. The largest absolute Gasteiger partial charge is 0.298 e. The van der Waals surface area contributed by atoms with E-state index in [2.05, 4.69) is 20.9 Å². The Morgan fingerprint density at radius 3 is 2.82 bits per heavy atom. The van der Waals surface area contributed by atoms with E-state index in [4.69, 9.17) is 11.6 Å². The van der Waals surface area contributed by atoms with Crippen molar-refractivity contribution >= 4 is 39.5 Å². The quantitative estimate of drug-likeness (QED) is 0.637. The molecule has 0 unspecified atom stereocenters. The average Bonchev–Trinajstić information content (AvgIpc) is 2.50. The maximum Gasteiger partial charge on any atom is 0.268 e. The Balaban J connectivity index is 2.33. The van der Waals surface area contributed by atoms with E-state index in [1.54, 1.807) is 13.0 Å². The topological polar surface area (TPSA) is 51.4 Å². The van der Waals surface area contributed by atoms with Gasteiger partial charge in [-0.15, -0.1) is 0 Å². The molecular weight excluding hydrogens is 368 g/mol. The summed E-state index contributed by atoms with van der Waals surface area (Å²) in [5, 5.41) is 0.595. The van der Waals surface area contributed by atoms with E-state index in [-0.39, 0.29) is 11.1 Å². The molecule has 0 bridgehead atoms. The number of hydrogen-bond donors (Lipinski definition) is 0. The number of aromatic nitrogens is 2. The molecule has 6 heteroatoms. The highest BCUT2D eigenvalue weighted by Crippen LogP contribution is 2.34. The molecule has 3 rings (SSSR count). The highest BCUT2D eigenvalue weighted by Gasteiger charge is 2.11. The standard InChI is InChI=1S/C16H10BrClN2O2/c1-9-5-10(12-3-2-4-13(17)15(12)18)6-14-19-7-11(8-21)16(22)20(9)14/h2-8H,1H3. The Hall–Kier alpha value is -1.98. The van der Waals surface area contributed by atoms with Crippen LogP contribution in [0.4, 0.5) is 0 Å². The first kappa shape index (κ1) is 14.9. The van der Waals surface area contributed by atoms with Gasteiger partial charge in [-0.3, -0.25) is 14.0 Å². The van der Waals surface area contributed by atoms with E-state index in [9.17, 15) is 9.59 Å². The van der Waals surface area contributed by atoms with Crippen LogP contribution < -0.4 is 5.56 Å². The molecule has 0 aliphatic heterocycles. The lowest BCUT2D eigenvalue weighted by atomic mass is 10.1. The number of aryl methyl sites for hydroxylation is 1. The first-order valence-corrected chi connectivity index (χ1v) is 7.62. The number of rotatable bonds is 2. The number of pyridine rings is 1. The Kier molecular flexibility index (Phi) is 3.85. The number of nitrogens with zero attached hydrogens (tertiary/aromatic N) is 2. The van der Waals surface area contributed by atoms with Gasteiger partial charge in [-0.2, -0.15) is 0 Å². The Morgan fingerprint density at radius 1 is 1.32 bits per heavy atom. The van der Waals surface area contributed by atoms with Crippen molar-refractivity contribution in [3.8, 4) is 11.1 Å². The predicted molar refractivity (Wildman–Crippen MR) is 89.7 cm³/mol. The Labute approximate surface area is 139 Å². The summed E-state index contributed by atoms with van der Waals surface area (Å²) in [5.74, 6) is 0. The van der Waals surface area contributed by atoms with Gasteiger partial charge in [-0.05, 0) is 46.6 Å². The summed E-state index contributed by atoms with van der Waals surface area (Å²) in [5.41, 5.74) is 2.52. The second kappa shape index (κ2) is 5.66. The molecule has 0 amide bonds. The zero-order chi connectivity index (χ0) is 15.9. The maximum atomic E-state index is 12.2. The van der Waals surface area contributed by atoms with Crippen LogP contribution in [0.3, 0.4) is 0 Å². The zero-order valence-corrected chi connectivity index (χ0v) is 13.9. The smallest absolute Gasteiger partial charge is 0.268 e. The fourth-order valence-corrected chi connectivity index (χ4v) is 2.96. The number of hydrogen-bond acceptors (Lipinski definition) is 3. The van der Waals surface area contributed by atoms with Crippen LogP contribution >= 0.6 is 27.5 Å². The average molecular weight is 378 g/mol. The molecule has 0 saturated heterocycles. The van der Waals surface area contributed by atoms with Gasteiger partial charge in [0.1, 0.15) is 5.65 Å². The first-order valence-electron chi connectivity index (χ1n) is 6.45. The summed E-state index contributed by atoms with van der Waals surface area (Å²) in [6, 6.07) is 9.27. The van der Waals surface area contributed by atoms with Crippen molar-refractivity contribution in [1.29, 1.82) is 0 Å². The summed E-state index contributed by atoms with van der Waals surface area (Å²) >= 11 is 9.73. The molecule has 0 spiro atoms. The lowest BCUT2D eigenvalue weighted by molar-refractivity contribution is 0.112. The van der Waals surface area contributed by atoms with Gasteiger partial charge in [0.05, 0.1) is 10.6 Å². The lowest BCUT2D eigenvalue weighted by Crippen LogP contribution is -2.20. The summed E-state index contributed by atoms with van der Waals surface area (Å²) in [6.45, 7) is 1.79. The highest BCUT2D eigenvalue weighted by molar-refractivity contribution is 9.10. The van der Waals surface area contributed by atoms with Gasteiger partial charge in [-0.1, -0.05) is 23.7 Å². The summed E-state index contributed by atoms with van der Waals surface area (Å²) in [6.07, 6.45) is 1.80. The van der Waals surface area contributed by atoms with E-state index in [1.807, 2.05) is 24.3 Å². The number of carbonyl (C=O) groups is 1. The van der Waals surface area contributed by atoms with Crippen LogP contribution in [0, 0.1) is 6.92 Å². The van der Waals surface area contributed by atoms with E-state index in [0.717, 1.165) is 15.6 Å². The molecule has 110 valence electrons. The molecule has 0 fully saturated rings. The first-order chi connectivity index (χ1) is 10.5. The number of carbonyl (C=O) groups excluding carboxylic acids is 1. The molecule has 4 nitrogen and oxygen atoms in total. The van der Waals surface area contributed by atoms with Gasteiger partial charge < -0.3 is 0 Å². The van der Waals surface area contributed by atoms with Gasteiger partial charge in [0.15, 0.2) is 6.29 Å². The van der Waals surface area contributed by atoms with Crippen molar-refractivity contribution in [2.24, 2.45) is 0 Å². The molecule has 0 atom stereocenters. The van der Waals surface area contributed by atoms with Crippen molar-refractivity contribution in [1.82, 2.24) is 9.38 Å². The van der Waals surface area contributed by atoms with Crippen molar-refractivity contribution in [3.63, 3.8) is 0 Å². The number of benzene rings is 1. The molecule has 0 aliphatic carbocycles. The van der Waals surface area contributed by atoms with E-state index >= 15 is 0 Å². The molecule has 2 heterocycles. The van der Waals surface area contributed by atoms with Crippen LogP contribution in [-0.4, -0.2) is 15.7 Å². The van der Waals surface area contributed by atoms with Gasteiger partial charge in [0, 0.05) is 21.9 Å². The van der Waals surface area contributed by atoms with Crippen molar-refractivity contribution in [2.75, 3.05) is 0 Å². The van der Waals surface area contributed by atoms with Crippen molar-refractivity contribution in [3.05, 3.63) is 67.6 Å². The van der Waals surface area contributed by atoms with Crippen LogP contribution in [0.5, 0.6) is 0 Å². The van der Waals surface area contributed by atoms with Crippen LogP contribution in [0.25, 0.3) is 16.8 Å². The van der Waals surface area contributed by atoms with Gasteiger partial charge in [0.25, 0.3) is 5.56 Å². The number of aldehydes is 1. The molecule has 2 aromatic heterocycles. The van der Waals surface area contributed by atoms with E-state index < -0.39 is 0 Å². The zero-order valence-electron chi connectivity index (χ0n) is 11.5. The maximum absolute atomic E-state index is 12.2. The minimum atomic E-state index is -0.371. The molecule has 0 saturated carbocycles. The van der Waals surface area contributed by atoms with Crippen LogP contribution in [0.1, 0.15) is 16.1 Å². The second-order valence-electron chi connectivity index (χ2n) is 4.82. The molecule has 22 heavy (non-hydrogen) atoms. The Bertz CT molecular complexity index is 966.